The largest absolute Gasteiger partial charge is 0.481 e. The summed E-state index contributed by atoms with van der Waals surface area (Å²) < 4.78 is 0.665. The number of nitrogens with one attached hydrogen (secondary N) is 2. The zero-order valence-corrected chi connectivity index (χ0v) is 13.3. The van der Waals surface area contributed by atoms with Crippen LogP contribution in [0.15, 0.2) is 12.1 Å². The Kier molecular flexibility index (Phi) is 5.83. The summed E-state index contributed by atoms with van der Waals surface area (Å²) in [6, 6.07) is 3.06. The first-order chi connectivity index (χ1) is 9.28. The van der Waals surface area contributed by atoms with Crippen LogP contribution in [0.3, 0.4) is 0 Å². The maximum absolute atomic E-state index is 11.8. The third-order valence-electron chi connectivity index (χ3n) is 3.30. The molecule has 1 aromatic rings. The Hall–Kier alpha value is -1.27. The van der Waals surface area contributed by atoms with Crippen LogP contribution in [0.4, 0.5) is 4.79 Å². The van der Waals surface area contributed by atoms with E-state index in [9.17, 15) is 9.59 Å². The molecular formula is C13H19ClN2O3S. The summed E-state index contributed by atoms with van der Waals surface area (Å²) in [5.41, 5.74) is -0.952. The Bertz CT molecular complexity index is 492. The SMILES string of the molecule is CCC(C)(CNC(=O)NC(C)c1ccc(Cl)s1)C(=O)O. The van der Waals surface area contributed by atoms with Crippen molar-refractivity contribution in [3.63, 3.8) is 0 Å². The number of amides is 2. The number of rotatable bonds is 6. The van der Waals surface area contributed by atoms with Crippen LogP contribution in [-0.2, 0) is 4.79 Å². The maximum Gasteiger partial charge on any atom is 0.315 e. The molecule has 0 spiro atoms. The van der Waals surface area contributed by atoms with E-state index in [2.05, 4.69) is 10.6 Å². The summed E-state index contributed by atoms with van der Waals surface area (Å²) in [5, 5.41) is 14.5. The van der Waals surface area contributed by atoms with Crippen LogP contribution < -0.4 is 10.6 Å². The molecule has 5 nitrogen and oxygen atoms in total. The van der Waals surface area contributed by atoms with Crippen molar-refractivity contribution in [3.05, 3.63) is 21.3 Å². The van der Waals surface area contributed by atoms with Crippen LogP contribution in [0.25, 0.3) is 0 Å². The quantitative estimate of drug-likeness (QED) is 0.753. The number of carboxylic acids is 1. The molecule has 0 saturated heterocycles. The highest BCUT2D eigenvalue weighted by Crippen LogP contribution is 2.26. The lowest BCUT2D eigenvalue weighted by Gasteiger charge is -2.23. The van der Waals surface area contributed by atoms with Gasteiger partial charge in [-0.25, -0.2) is 4.79 Å². The van der Waals surface area contributed by atoms with Crippen LogP contribution in [0.5, 0.6) is 0 Å². The van der Waals surface area contributed by atoms with Gasteiger partial charge in [0.2, 0.25) is 0 Å². The molecule has 0 aliphatic carbocycles. The highest BCUT2D eigenvalue weighted by atomic mass is 35.5. The molecule has 0 aliphatic rings. The van der Waals surface area contributed by atoms with Crippen LogP contribution >= 0.6 is 22.9 Å². The van der Waals surface area contributed by atoms with Crippen LogP contribution in [0.2, 0.25) is 4.34 Å². The molecule has 0 bridgehead atoms. The normalized spacial score (nSPS) is 15.2. The molecule has 2 atom stereocenters. The Morgan fingerprint density at radius 3 is 2.60 bits per heavy atom. The summed E-state index contributed by atoms with van der Waals surface area (Å²) >= 11 is 7.24. The number of carbonyl (C=O) groups excluding carboxylic acids is 1. The summed E-state index contributed by atoms with van der Waals surface area (Å²) in [7, 11) is 0. The van der Waals surface area contributed by atoms with E-state index in [-0.39, 0.29) is 18.6 Å². The van der Waals surface area contributed by atoms with Gasteiger partial charge in [-0.05, 0) is 32.4 Å². The van der Waals surface area contributed by atoms with Crippen molar-refractivity contribution in [3.8, 4) is 0 Å². The van der Waals surface area contributed by atoms with Gasteiger partial charge in [0.25, 0.3) is 0 Å². The molecule has 3 N–H and O–H groups in total. The van der Waals surface area contributed by atoms with Gasteiger partial charge in [-0.1, -0.05) is 18.5 Å². The second-order valence-electron chi connectivity index (χ2n) is 4.91. The average molecular weight is 319 g/mol. The summed E-state index contributed by atoms with van der Waals surface area (Å²) in [6.45, 7) is 5.32. The summed E-state index contributed by atoms with van der Waals surface area (Å²) in [5.74, 6) is -0.918. The zero-order chi connectivity index (χ0) is 15.3. The van der Waals surface area contributed by atoms with Crippen molar-refractivity contribution < 1.29 is 14.7 Å². The van der Waals surface area contributed by atoms with Gasteiger partial charge in [-0.2, -0.15) is 0 Å². The molecule has 112 valence electrons. The fourth-order valence-corrected chi connectivity index (χ4v) is 2.57. The number of carboxylic acid groups (broad SMARTS) is 1. The van der Waals surface area contributed by atoms with Gasteiger partial charge in [-0.3, -0.25) is 4.79 Å². The van der Waals surface area contributed by atoms with E-state index in [1.165, 1.54) is 11.3 Å². The van der Waals surface area contributed by atoms with E-state index in [0.29, 0.717) is 10.8 Å². The topological polar surface area (TPSA) is 78.4 Å². The number of urea groups is 1. The Morgan fingerprint density at radius 1 is 1.50 bits per heavy atom. The molecular weight excluding hydrogens is 300 g/mol. The van der Waals surface area contributed by atoms with Gasteiger partial charge in [0.15, 0.2) is 0 Å². The van der Waals surface area contributed by atoms with E-state index in [4.69, 9.17) is 16.7 Å². The van der Waals surface area contributed by atoms with Crippen LogP contribution in [-0.4, -0.2) is 23.7 Å². The fourth-order valence-electron chi connectivity index (χ4n) is 1.51. The minimum Gasteiger partial charge on any atom is -0.481 e. The van der Waals surface area contributed by atoms with E-state index in [1.807, 2.05) is 13.0 Å². The second-order valence-corrected chi connectivity index (χ2v) is 6.66. The minimum absolute atomic E-state index is 0.0859. The van der Waals surface area contributed by atoms with Crippen molar-refractivity contribution in [2.45, 2.75) is 33.2 Å². The summed E-state index contributed by atoms with van der Waals surface area (Å²) in [4.78, 5) is 23.8. The van der Waals surface area contributed by atoms with Crippen molar-refractivity contribution >= 4 is 34.9 Å². The number of hydrogen-bond donors (Lipinski definition) is 3. The predicted octanol–water partition coefficient (Wildman–Crippen LogP) is 3.26. The van der Waals surface area contributed by atoms with Gasteiger partial charge in [0.05, 0.1) is 15.8 Å². The van der Waals surface area contributed by atoms with Crippen molar-refractivity contribution in [1.82, 2.24) is 10.6 Å². The summed E-state index contributed by atoms with van der Waals surface area (Å²) in [6.07, 6.45) is 0.443. The molecule has 1 rings (SSSR count). The number of thiophene rings is 1. The lowest BCUT2D eigenvalue weighted by Crippen LogP contribution is -2.45. The molecule has 0 fully saturated rings. The lowest BCUT2D eigenvalue weighted by atomic mass is 9.88. The van der Waals surface area contributed by atoms with Crippen LogP contribution in [0, 0.1) is 5.41 Å². The highest BCUT2D eigenvalue weighted by molar-refractivity contribution is 7.16. The Morgan fingerprint density at radius 2 is 2.15 bits per heavy atom. The second kappa shape index (κ2) is 6.95. The number of halogens is 1. The smallest absolute Gasteiger partial charge is 0.315 e. The molecule has 1 aromatic heterocycles. The molecule has 0 aliphatic heterocycles. The van der Waals surface area contributed by atoms with E-state index < -0.39 is 11.4 Å². The van der Waals surface area contributed by atoms with E-state index in [1.54, 1.807) is 19.9 Å². The zero-order valence-electron chi connectivity index (χ0n) is 11.7. The van der Waals surface area contributed by atoms with Crippen LogP contribution in [0.1, 0.15) is 38.1 Å². The third-order valence-corrected chi connectivity index (χ3v) is 4.72. The molecule has 20 heavy (non-hydrogen) atoms. The first-order valence-corrected chi connectivity index (χ1v) is 7.51. The Labute approximate surface area is 127 Å². The molecule has 0 radical (unpaired) electrons. The monoisotopic (exact) mass is 318 g/mol. The van der Waals surface area contributed by atoms with Crippen molar-refractivity contribution in [2.75, 3.05) is 6.54 Å². The molecule has 0 saturated carbocycles. The number of hydrogen-bond acceptors (Lipinski definition) is 3. The molecule has 0 aromatic carbocycles. The first-order valence-electron chi connectivity index (χ1n) is 6.31. The average Bonchev–Trinajstić information content (AvgIpc) is 2.82. The maximum atomic E-state index is 11.8. The molecule has 2 unspecified atom stereocenters. The molecule has 2 amide bonds. The third kappa shape index (κ3) is 4.38. The number of aliphatic carboxylic acids is 1. The fraction of sp³-hybridized carbons (Fsp3) is 0.538. The van der Waals surface area contributed by atoms with E-state index in [0.717, 1.165) is 4.88 Å². The van der Waals surface area contributed by atoms with Gasteiger partial charge in [0.1, 0.15) is 0 Å². The number of carbonyl (C=O) groups is 2. The first kappa shape index (κ1) is 16.8. The van der Waals surface area contributed by atoms with Crippen molar-refractivity contribution in [2.24, 2.45) is 5.41 Å². The Balaban J connectivity index is 2.50. The van der Waals surface area contributed by atoms with Crippen molar-refractivity contribution in [1.29, 1.82) is 0 Å². The predicted molar refractivity (Wildman–Crippen MR) is 80.3 cm³/mol. The molecule has 7 heteroatoms. The minimum atomic E-state index is -0.952. The van der Waals surface area contributed by atoms with Gasteiger partial charge in [0, 0.05) is 11.4 Å². The van der Waals surface area contributed by atoms with Gasteiger partial charge in [-0.15, -0.1) is 11.3 Å². The lowest BCUT2D eigenvalue weighted by molar-refractivity contribution is -0.147. The van der Waals surface area contributed by atoms with Gasteiger partial charge < -0.3 is 15.7 Å². The molecule has 1 heterocycles. The highest BCUT2D eigenvalue weighted by Gasteiger charge is 2.31. The van der Waals surface area contributed by atoms with Gasteiger partial charge >= 0.3 is 12.0 Å². The standard InChI is InChI=1S/C13H19ClN2O3S/c1-4-13(3,11(17)18)7-15-12(19)16-8(2)9-5-6-10(14)20-9/h5-6,8H,4,7H2,1-3H3,(H,17,18)(H2,15,16,19). The van der Waals surface area contributed by atoms with E-state index >= 15 is 0 Å².